The Morgan fingerprint density at radius 1 is 1.47 bits per heavy atom. The monoisotopic (exact) mass is 205 g/mol. The lowest BCUT2D eigenvalue weighted by molar-refractivity contribution is -0.109. The Morgan fingerprint density at radius 2 is 2.40 bits per heavy atom. The summed E-state index contributed by atoms with van der Waals surface area (Å²) in [5.74, 6) is 0.692. The highest BCUT2D eigenvalue weighted by Crippen LogP contribution is 2.37. The van der Waals surface area contributed by atoms with Gasteiger partial charge in [-0.3, -0.25) is 4.79 Å². The minimum Gasteiger partial charge on any atom is -0.359 e. The molecule has 1 amide bonds. The number of carbonyl (C=O) groups is 1. The number of hydrogen-bond donors (Lipinski definition) is 1. The third-order valence-corrected chi connectivity index (χ3v) is 3.51. The Kier molecular flexibility index (Phi) is 3.59. The molecule has 1 N–H and O–H groups in total. The maximum atomic E-state index is 10.2. The van der Waals surface area contributed by atoms with Crippen molar-refractivity contribution < 1.29 is 4.79 Å². The first-order valence-electron chi connectivity index (χ1n) is 5.97. The van der Waals surface area contributed by atoms with Crippen LogP contribution in [0.1, 0.15) is 38.5 Å². The molecule has 2 aliphatic carbocycles. The van der Waals surface area contributed by atoms with Gasteiger partial charge in [-0.2, -0.15) is 0 Å². The topological polar surface area (TPSA) is 29.1 Å². The van der Waals surface area contributed by atoms with Gasteiger partial charge in [0.15, 0.2) is 0 Å². The average molecular weight is 205 g/mol. The zero-order valence-electron chi connectivity index (χ0n) is 9.17. The molecule has 2 aliphatic rings. The van der Waals surface area contributed by atoms with Crippen molar-refractivity contribution in [2.75, 3.05) is 6.54 Å². The number of nitrogens with one attached hydrogen (secondary N) is 1. The number of hydrogen-bond acceptors (Lipinski definition) is 1. The van der Waals surface area contributed by atoms with E-state index >= 15 is 0 Å². The van der Waals surface area contributed by atoms with Gasteiger partial charge in [-0.25, -0.2) is 0 Å². The van der Waals surface area contributed by atoms with Crippen LogP contribution in [0.15, 0.2) is 23.3 Å². The summed E-state index contributed by atoms with van der Waals surface area (Å²) in [5, 5.41) is 2.76. The Bertz CT molecular complexity index is 291. The third kappa shape index (κ3) is 2.49. The molecule has 0 saturated carbocycles. The van der Waals surface area contributed by atoms with Crippen molar-refractivity contribution in [1.29, 1.82) is 0 Å². The molecule has 0 aliphatic heterocycles. The molecular formula is C13H19NO. The van der Waals surface area contributed by atoms with Crippen molar-refractivity contribution in [3.8, 4) is 0 Å². The van der Waals surface area contributed by atoms with E-state index in [4.69, 9.17) is 0 Å². The van der Waals surface area contributed by atoms with Crippen LogP contribution in [0.3, 0.4) is 0 Å². The molecular weight excluding hydrogens is 186 g/mol. The largest absolute Gasteiger partial charge is 0.359 e. The zero-order valence-corrected chi connectivity index (χ0v) is 9.17. The van der Waals surface area contributed by atoms with Crippen LogP contribution in [-0.2, 0) is 4.79 Å². The molecule has 1 unspecified atom stereocenters. The van der Waals surface area contributed by atoms with E-state index in [-0.39, 0.29) is 0 Å². The van der Waals surface area contributed by atoms with Gasteiger partial charge in [0.25, 0.3) is 0 Å². The summed E-state index contributed by atoms with van der Waals surface area (Å²) in [5.41, 5.74) is 3.26. The van der Waals surface area contributed by atoms with Gasteiger partial charge in [0, 0.05) is 6.54 Å². The molecule has 0 fully saturated rings. The van der Waals surface area contributed by atoms with E-state index in [1.807, 2.05) is 0 Å². The molecule has 82 valence electrons. The van der Waals surface area contributed by atoms with Crippen LogP contribution >= 0.6 is 0 Å². The Hall–Kier alpha value is -1.05. The minimum absolute atomic E-state index is 0.692. The number of amides is 1. The minimum atomic E-state index is 0.692. The maximum absolute atomic E-state index is 10.2. The van der Waals surface area contributed by atoms with Crippen LogP contribution < -0.4 is 5.32 Å². The van der Waals surface area contributed by atoms with Crippen LogP contribution in [0.4, 0.5) is 0 Å². The van der Waals surface area contributed by atoms with E-state index in [1.165, 1.54) is 32.1 Å². The Labute approximate surface area is 91.4 Å². The number of carbonyl (C=O) groups excluding carboxylic acids is 1. The van der Waals surface area contributed by atoms with E-state index in [0.717, 1.165) is 19.4 Å². The third-order valence-electron chi connectivity index (χ3n) is 3.51. The standard InChI is InChI=1S/C13H19NO/c15-10-14-9-8-12-6-3-5-11-4-1-2-7-13(11)12/h2,7,10,12H,1,3-6,8-9H2,(H,14,15). The van der Waals surface area contributed by atoms with Crippen molar-refractivity contribution in [1.82, 2.24) is 5.32 Å². The fourth-order valence-corrected chi connectivity index (χ4v) is 2.76. The summed E-state index contributed by atoms with van der Waals surface area (Å²) in [6.07, 6.45) is 12.9. The van der Waals surface area contributed by atoms with Crippen LogP contribution in [0, 0.1) is 5.92 Å². The lowest BCUT2D eigenvalue weighted by atomic mass is 9.77. The van der Waals surface area contributed by atoms with E-state index in [0.29, 0.717) is 5.92 Å². The highest BCUT2D eigenvalue weighted by molar-refractivity contribution is 5.45. The second kappa shape index (κ2) is 5.15. The highest BCUT2D eigenvalue weighted by Gasteiger charge is 2.21. The average Bonchev–Trinajstić information content (AvgIpc) is 2.30. The summed E-state index contributed by atoms with van der Waals surface area (Å²) in [4.78, 5) is 10.2. The Balaban J connectivity index is 1.98. The molecule has 2 heteroatoms. The van der Waals surface area contributed by atoms with Gasteiger partial charge in [-0.05, 0) is 50.0 Å². The first-order valence-corrected chi connectivity index (χ1v) is 5.97. The van der Waals surface area contributed by atoms with Crippen LogP contribution in [0.25, 0.3) is 0 Å². The van der Waals surface area contributed by atoms with E-state index in [2.05, 4.69) is 17.5 Å². The molecule has 0 bridgehead atoms. The van der Waals surface area contributed by atoms with Gasteiger partial charge in [0.1, 0.15) is 0 Å². The van der Waals surface area contributed by atoms with Crippen molar-refractivity contribution in [3.63, 3.8) is 0 Å². The van der Waals surface area contributed by atoms with Gasteiger partial charge in [0.2, 0.25) is 6.41 Å². The van der Waals surface area contributed by atoms with E-state index in [9.17, 15) is 4.79 Å². The molecule has 1 atom stereocenters. The Morgan fingerprint density at radius 3 is 3.27 bits per heavy atom. The molecule has 0 aromatic heterocycles. The van der Waals surface area contributed by atoms with Crippen molar-refractivity contribution in [2.45, 2.75) is 38.5 Å². The van der Waals surface area contributed by atoms with Crippen molar-refractivity contribution in [2.24, 2.45) is 5.92 Å². The molecule has 15 heavy (non-hydrogen) atoms. The van der Waals surface area contributed by atoms with Crippen LogP contribution in [0.5, 0.6) is 0 Å². The number of rotatable bonds is 4. The van der Waals surface area contributed by atoms with E-state index in [1.54, 1.807) is 11.1 Å². The molecule has 0 saturated heterocycles. The molecule has 0 spiro atoms. The molecule has 0 heterocycles. The summed E-state index contributed by atoms with van der Waals surface area (Å²) in [6, 6.07) is 0. The van der Waals surface area contributed by atoms with E-state index < -0.39 is 0 Å². The lowest BCUT2D eigenvalue weighted by Crippen LogP contribution is -2.20. The summed E-state index contributed by atoms with van der Waals surface area (Å²) >= 11 is 0. The van der Waals surface area contributed by atoms with Gasteiger partial charge in [-0.15, -0.1) is 0 Å². The van der Waals surface area contributed by atoms with Crippen molar-refractivity contribution >= 4 is 6.41 Å². The van der Waals surface area contributed by atoms with Gasteiger partial charge in [-0.1, -0.05) is 17.7 Å². The first kappa shape index (κ1) is 10.5. The van der Waals surface area contributed by atoms with Crippen LogP contribution in [-0.4, -0.2) is 13.0 Å². The van der Waals surface area contributed by atoms with Gasteiger partial charge < -0.3 is 5.32 Å². The summed E-state index contributed by atoms with van der Waals surface area (Å²) < 4.78 is 0. The SMILES string of the molecule is O=CNCCC1CCCC2=C1C=CCC2. The van der Waals surface area contributed by atoms with Gasteiger partial charge >= 0.3 is 0 Å². The van der Waals surface area contributed by atoms with Crippen LogP contribution in [0.2, 0.25) is 0 Å². The lowest BCUT2D eigenvalue weighted by Gasteiger charge is -2.29. The predicted octanol–water partition coefficient (Wildman–Crippen LogP) is 2.57. The predicted molar refractivity (Wildman–Crippen MR) is 61.4 cm³/mol. The quantitative estimate of drug-likeness (QED) is 0.554. The van der Waals surface area contributed by atoms with Crippen molar-refractivity contribution in [3.05, 3.63) is 23.3 Å². The zero-order chi connectivity index (χ0) is 10.5. The molecule has 2 nitrogen and oxygen atoms in total. The smallest absolute Gasteiger partial charge is 0.207 e. The highest BCUT2D eigenvalue weighted by atomic mass is 16.1. The maximum Gasteiger partial charge on any atom is 0.207 e. The summed E-state index contributed by atoms with van der Waals surface area (Å²) in [6.45, 7) is 0.818. The summed E-state index contributed by atoms with van der Waals surface area (Å²) in [7, 11) is 0. The first-order chi connectivity index (χ1) is 7.42. The fraction of sp³-hybridized carbons (Fsp3) is 0.615. The number of allylic oxidation sites excluding steroid dienone is 4. The second-order valence-corrected chi connectivity index (χ2v) is 4.45. The molecule has 2 rings (SSSR count). The normalized spacial score (nSPS) is 24.9. The second-order valence-electron chi connectivity index (χ2n) is 4.45. The molecule has 0 aromatic carbocycles. The molecule has 0 radical (unpaired) electrons. The van der Waals surface area contributed by atoms with Gasteiger partial charge in [0.05, 0.1) is 0 Å². The fourth-order valence-electron chi connectivity index (χ4n) is 2.76. The molecule has 0 aromatic rings.